The lowest BCUT2D eigenvalue weighted by Crippen LogP contribution is -2.29. The highest BCUT2D eigenvalue weighted by Crippen LogP contribution is 2.53. The first-order chi connectivity index (χ1) is 7.71. The van der Waals surface area contributed by atoms with Gasteiger partial charge in [0.25, 0.3) is 0 Å². The lowest BCUT2D eigenvalue weighted by Gasteiger charge is -2.18. The predicted octanol–water partition coefficient (Wildman–Crippen LogP) is 2.86. The summed E-state index contributed by atoms with van der Waals surface area (Å²) in [6.07, 6.45) is 3.82. The molecule has 16 heavy (non-hydrogen) atoms. The van der Waals surface area contributed by atoms with Crippen LogP contribution in [0.2, 0.25) is 0 Å². The molecule has 0 heterocycles. The van der Waals surface area contributed by atoms with Crippen LogP contribution in [0.3, 0.4) is 0 Å². The summed E-state index contributed by atoms with van der Waals surface area (Å²) in [5.41, 5.74) is 1.39. The second-order valence-corrected chi connectivity index (χ2v) is 5.43. The first-order valence-electron chi connectivity index (χ1n) is 6.20. The summed E-state index contributed by atoms with van der Waals surface area (Å²) in [6.45, 7) is 3.28. The second kappa shape index (κ2) is 3.56. The van der Waals surface area contributed by atoms with Gasteiger partial charge in [0.05, 0.1) is 0 Å². The Kier molecular flexibility index (Phi) is 2.28. The first-order valence-corrected chi connectivity index (χ1v) is 6.20. The lowest BCUT2D eigenvalue weighted by molar-refractivity contribution is 0.535. The zero-order valence-corrected chi connectivity index (χ0v) is 9.67. The van der Waals surface area contributed by atoms with E-state index in [1.54, 1.807) is 6.07 Å². The molecule has 0 bridgehead atoms. The van der Waals surface area contributed by atoms with Gasteiger partial charge in [-0.05, 0) is 42.9 Å². The van der Waals surface area contributed by atoms with Crippen molar-refractivity contribution in [3.8, 4) is 0 Å². The molecule has 1 nitrogen and oxygen atoms in total. The normalized spacial score (nSPS) is 32.8. The highest BCUT2D eigenvalue weighted by atomic mass is 19.1. The van der Waals surface area contributed by atoms with Gasteiger partial charge < -0.3 is 5.32 Å². The second-order valence-electron chi connectivity index (χ2n) is 5.43. The van der Waals surface area contributed by atoms with E-state index in [1.807, 2.05) is 6.07 Å². The summed E-state index contributed by atoms with van der Waals surface area (Å²) in [5.74, 6) is 0.572. The van der Waals surface area contributed by atoms with E-state index in [-0.39, 0.29) is 11.2 Å². The van der Waals surface area contributed by atoms with Crippen LogP contribution in [0.15, 0.2) is 24.3 Å². The molecule has 86 valence electrons. The Balaban J connectivity index is 1.78. The van der Waals surface area contributed by atoms with Gasteiger partial charge in [-0.15, -0.1) is 0 Å². The fraction of sp³-hybridized carbons (Fsp3) is 0.571. The molecule has 0 spiro atoms. The quantitative estimate of drug-likeness (QED) is 0.821. The van der Waals surface area contributed by atoms with Crippen LogP contribution in [0.5, 0.6) is 0 Å². The Morgan fingerprint density at radius 1 is 1.44 bits per heavy atom. The zero-order chi connectivity index (χ0) is 11.2. The largest absolute Gasteiger partial charge is 0.313 e. The van der Waals surface area contributed by atoms with Gasteiger partial charge in [0.1, 0.15) is 5.82 Å². The Morgan fingerprint density at radius 2 is 2.19 bits per heavy atom. The number of hydrogen-bond donors (Lipinski definition) is 1. The molecular formula is C14H18FN. The van der Waals surface area contributed by atoms with Crippen LogP contribution in [0, 0.1) is 11.7 Å². The van der Waals surface area contributed by atoms with Crippen molar-refractivity contribution < 1.29 is 4.39 Å². The minimum atomic E-state index is -0.109. The van der Waals surface area contributed by atoms with Gasteiger partial charge in [-0.3, -0.25) is 0 Å². The third kappa shape index (κ3) is 1.75. The van der Waals surface area contributed by atoms with E-state index in [4.69, 9.17) is 0 Å². The minimum absolute atomic E-state index is 0.109. The summed E-state index contributed by atoms with van der Waals surface area (Å²) in [7, 11) is 0. The molecule has 2 fully saturated rings. The van der Waals surface area contributed by atoms with Crippen LogP contribution in [-0.2, 0) is 5.41 Å². The van der Waals surface area contributed by atoms with Crippen LogP contribution in [0.4, 0.5) is 4.39 Å². The molecule has 2 saturated carbocycles. The van der Waals surface area contributed by atoms with Crippen LogP contribution >= 0.6 is 0 Å². The maximum Gasteiger partial charge on any atom is 0.123 e. The van der Waals surface area contributed by atoms with Gasteiger partial charge in [-0.2, -0.15) is 0 Å². The van der Waals surface area contributed by atoms with Crippen LogP contribution in [-0.4, -0.2) is 12.6 Å². The number of nitrogens with one attached hydrogen (secondary N) is 1. The van der Waals surface area contributed by atoms with Crippen molar-refractivity contribution in [1.82, 2.24) is 5.32 Å². The summed E-state index contributed by atoms with van der Waals surface area (Å²) in [4.78, 5) is 0. The Hall–Kier alpha value is -0.890. The van der Waals surface area contributed by atoms with E-state index < -0.39 is 0 Å². The first kappa shape index (κ1) is 10.3. The molecular weight excluding hydrogens is 201 g/mol. The molecule has 0 aliphatic heterocycles. The molecule has 2 aliphatic rings. The van der Waals surface area contributed by atoms with Crippen LogP contribution < -0.4 is 5.32 Å². The summed E-state index contributed by atoms with van der Waals surface area (Å²) < 4.78 is 13.2. The van der Waals surface area contributed by atoms with Crippen LogP contribution in [0.25, 0.3) is 0 Å². The van der Waals surface area contributed by atoms with Crippen molar-refractivity contribution in [2.24, 2.45) is 5.92 Å². The van der Waals surface area contributed by atoms with Gasteiger partial charge in [0.2, 0.25) is 0 Å². The van der Waals surface area contributed by atoms with Gasteiger partial charge >= 0.3 is 0 Å². The van der Waals surface area contributed by atoms with Crippen LogP contribution in [0.1, 0.15) is 31.7 Å². The molecule has 3 rings (SSSR count). The molecule has 0 aromatic heterocycles. The van der Waals surface area contributed by atoms with Gasteiger partial charge in [-0.1, -0.05) is 19.1 Å². The van der Waals surface area contributed by atoms with E-state index in [2.05, 4.69) is 18.3 Å². The number of benzene rings is 1. The van der Waals surface area contributed by atoms with E-state index in [0.29, 0.717) is 5.92 Å². The van der Waals surface area contributed by atoms with Crippen molar-refractivity contribution in [3.63, 3.8) is 0 Å². The Morgan fingerprint density at radius 3 is 2.75 bits per heavy atom. The third-order valence-corrected chi connectivity index (χ3v) is 4.14. The molecule has 2 heteroatoms. The van der Waals surface area contributed by atoms with E-state index in [9.17, 15) is 4.39 Å². The van der Waals surface area contributed by atoms with Crippen molar-refractivity contribution >= 4 is 0 Å². The molecule has 0 radical (unpaired) electrons. The van der Waals surface area contributed by atoms with E-state index in [1.165, 1.54) is 30.9 Å². The monoisotopic (exact) mass is 219 g/mol. The maximum absolute atomic E-state index is 13.2. The minimum Gasteiger partial charge on any atom is -0.313 e. The summed E-state index contributed by atoms with van der Waals surface area (Å²) in [6, 6.07) is 7.87. The standard InChI is InChI=1S/C14H18FN/c1-10-8-14(10,9-16-13-5-6-13)11-3-2-4-12(15)7-11/h2-4,7,10,13,16H,5-6,8-9H2,1H3. The Labute approximate surface area is 96.1 Å². The zero-order valence-electron chi connectivity index (χ0n) is 9.67. The highest BCUT2D eigenvalue weighted by Gasteiger charge is 2.52. The van der Waals surface area contributed by atoms with E-state index in [0.717, 1.165) is 12.6 Å². The van der Waals surface area contributed by atoms with Gasteiger partial charge in [0, 0.05) is 18.0 Å². The molecule has 2 atom stereocenters. The molecule has 1 aromatic rings. The average molecular weight is 219 g/mol. The van der Waals surface area contributed by atoms with Gasteiger partial charge in [-0.25, -0.2) is 4.39 Å². The molecule has 0 amide bonds. The summed E-state index contributed by atoms with van der Waals surface area (Å²) in [5, 5.41) is 3.59. The fourth-order valence-electron chi connectivity index (χ4n) is 2.65. The Bertz CT molecular complexity index is 399. The summed E-state index contributed by atoms with van der Waals surface area (Å²) >= 11 is 0. The van der Waals surface area contributed by atoms with Gasteiger partial charge in [0.15, 0.2) is 0 Å². The molecule has 1 N–H and O–H groups in total. The predicted molar refractivity (Wildman–Crippen MR) is 62.9 cm³/mol. The number of hydrogen-bond acceptors (Lipinski definition) is 1. The van der Waals surface area contributed by atoms with E-state index >= 15 is 0 Å². The number of rotatable bonds is 4. The molecule has 2 aliphatic carbocycles. The van der Waals surface area contributed by atoms with Crippen molar-refractivity contribution in [3.05, 3.63) is 35.6 Å². The maximum atomic E-state index is 13.2. The molecule has 2 unspecified atom stereocenters. The van der Waals surface area contributed by atoms with Crippen molar-refractivity contribution in [2.45, 2.75) is 37.6 Å². The van der Waals surface area contributed by atoms with Crippen molar-refractivity contribution in [2.75, 3.05) is 6.54 Å². The average Bonchev–Trinajstić information content (AvgIpc) is 3.13. The lowest BCUT2D eigenvalue weighted by atomic mass is 9.93. The number of halogens is 1. The van der Waals surface area contributed by atoms with Crippen molar-refractivity contribution in [1.29, 1.82) is 0 Å². The third-order valence-electron chi connectivity index (χ3n) is 4.14. The molecule has 1 aromatic carbocycles. The highest BCUT2D eigenvalue weighted by molar-refractivity contribution is 5.34. The SMILES string of the molecule is CC1CC1(CNC1CC1)c1cccc(F)c1. The molecule has 0 saturated heterocycles. The topological polar surface area (TPSA) is 12.0 Å². The smallest absolute Gasteiger partial charge is 0.123 e. The fourth-order valence-corrected chi connectivity index (χ4v) is 2.65.